The normalized spacial score (nSPS) is 17.3. The zero-order valence-electron chi connectivity index (χ0n) is 16.4. The van der Waals surface area contributed by atoms with Gasteiger partial charge in [0.05, 0.1) is 29.6 Å². The molecule has 1 aromatic carbocycles. The predicted molar refractivity (Wildman–Crippen MR) is 106 cm³/mol. The van der Waals surface area contributed by atoms with Crippen LogP contribution < -0.4 is 4.90 Å². The Balaban J connectivity index is 1.81. The Bertz CT molecular complexity index is 1080. The predicted octanol–water partition coefficient (Wildman–Crippen LogP) is 3.40. The summed E-state index contributed by atoms with van der Waals surface area (Å²) in [6.45, 7) is 1.69. The van der Waals surface area contributed by atoms with Crippen molar-refractivity contribution in [3.63, 3.8) is 0 Å². The van der Waals surface area contributed by atoms with E-state index in [1.807, 2.05) is 0 Å². The van der Waals surface area contributed by atoms with E-state index in [2.05, 4.69) is 4.98 Å². The molecule has 3 rings (SSSR count). The van der Waals surface area contributed by atoms with E-state index in [1.54, 1.807) is 6.92 Å². The molecule has 1 atom stereocenters. The smallest absolute Gasteiger partial charge is 0.416 e. The van der Waals surface area contributed by atoms with Gasteiger partial charge in [-0.3, -0.25) is 0 Å². The van der Waals surface area contributed by atoms with E-state index < -0.39 is 39.8 Å². The number of sulfone groups is 1. The van der Waals surface area contributed by atoms with Crippen LogP contribution in [-0.2, 0) is 20.8 Å². The van der Waals surface area contributed by atoms with Gasteiger partial charge in [-0.2, -0.15) is 13.2 Å². The Morgan fingerprint density at radius 3 is 2.52 bits per heavy atom. The zero-order chi connectivity index (χ0) is 23.0. The van der Waals surface area contributed by atoms with Crippen molar-refractivity contribution in [1.29, 1.82) is 0 Å². The van der Waals surface area contributed by atoms with Gasteiger partial charge in [0.25, 0.3) is 0 Å². The van der Waals surface area contributed by atoms with Gasteiger partial charge in [0, 0.05) is 7.05 Å². The number of esters is 1. The first-order valence-corrected chi connectivity index (χ1v) is 11.5. The maximum absolute atomic E-state index is 12.7. The van der Waals surface area contributed by atoms with E-state index in [-0.39, 0.29) is 27.2 Å². The van der Waals surface area contributed by atoms with Crippen molar-refractivity contribution in [2.45, 2.75) is 30.0 Å². The highest BCUT2D eigenvalue weighted by Gasteiger charge is 2.41. The molecule has 0 spiro atoms. The summed E-state index contributed by atoms with van der Waals surface area (Å²) >= 11 is 0.777. The largest absolute Gasteiger partial charge is 0.435 e. The van der Waals surface area contributed by atoms with E-state index in [1.165, 1.54) is 11.9 Å². The van der Waals surface area contributed by atoms with Crippen molar-refractivity contribution in [2.24, 2.45) is 0 Å². The number of anilines is 1. The van der Waals surface area contributed by atoms with Crippen LogP contribution in [0.5, 0.6) is 0 Å². The molecule has 0 saturated carbocycles. The molecule has 168 valence electrons. The number of likely N-dealkylation sites (N-methyl/N-ethyl adjacent to an activating group) is 1. The number of rotatable bonds is 6. The van der Waals surface area contributed by atoms with Crippen LogP contribution in [0.2, 0.25) is 0 Å². The third kappa shape index (κ3) is 4.82. The minimum atomic E-state index is -4.54. The van der Waals surface area contributed by atoms with Gasteiger partial charge in [0.15, 0.2) is 15.0 Å². The summed E-state index contributed by atoms with van der Waals surface area (Å²) in [6.07, 6.45) is -4.11. The summed E-state index contributed by atoms with van der Waals surface area (Å²) in [5.41, 5.74) is -1.04. The lowest BCUT2D eigenvalue weighted by Crippen LogP contribution is -2.37. The molecule has 1 aliphatic heterocycles. The standard InChI is InChI=1S/C18H18F3N3O5S2/c1-3-8-31(27,28)14-9-22-16(30-14)24-13(10-23(2)17(24)26)29-15(25)11-4-6-12(7-5-11)18(19,20)21/h4-7,9,13H,3,8,10H2,1-2H3. The lowest BCUT2D eigenvalue weighted by atomic mass is 10.1. The highest BCUT2D eigenvalue weighted by atomic mass is 32.2. The van der Waals surface area contributed by atoms with Gasteiger partial charge in [0.2, 0.25) is 6.23 Å². The van der Waals surface area contributed by atoms with Crippen molar-refractivity contribution in [3.8, 4) is 0 Å². The Kier molecular flexibility index (Phi) is 6.28. The quantitative estimate of drug-likeness (QED) is 0.592. The lowest BCUT2D eigenvalue weighted by Gasteiger charge is -2.20. The molecule has 1 aliphatic rings. The fourth-order valence-electron chi connectivity index (χ4n) is 2.86. The number of hydrogen-bond donors (Lipinski definition) is 0. The number of carbonyl (C=O) groups is 2. The minimum Gasteiger partial charge on any atom is -0.435 e. The number of thiazole rings is 1. The summed E-state index contributed by atoms with van der Waals surface area (Å²) in [5, 5.41) is 0.0363. The Morgan fingerprint density at radius 2 is 1.94 bits per heavy atom. The monoisotopic (exact) mass is 477 g/mol. The molecule has 0 N–H and O–H groups in total. The molecule has 1 unspecified atom stereocenters. The van der Waals surface area contributed by atoms with E-state index in [0.29, 0.717) is 6.42 Å². The third-order valence-corrected chi connectivity index (χ3v) is 7.87. The van der Waals surface area contributed by atoms with Crippen LogP contribution in [0.3, 0.4) is 0 Å². The van der Waals surface area contributed by atoms with Gasteiger partial charge in [0.1, 0.15) is 4.21 Å². The summed E-state index contributed by atoms with van der Waals surface area (Å²) in [7, 11) is -2.08. The molecule has 8 nitrogen and oxygen atoms in total. The lowest BCUT2D eigenvalue weighted by molar-refractivity contribution is -0.137. The number of nitrogens with zero attached hydrogens (tertiary/aromatic N) is 3. The maximum atomic E-state index is 12.7. The number of aromatic nitrogens is 1. The second kappa shape index (κ2) is 8.46. The van der Waals surface area contributed by atoms with Gasteiger partial charge in [-0.15, -0.1) is 0 Å². The van der Waals surface area contributed by atoms with Crippen molar-refractivity contribution < 1.29 is 35.9 Å². The number of urea groups is 1. The SMILES string of the molecule is CCCS(=O)(=O)c1cnc(N2C(=O)N(C)CC2OC(=O)c2ccc(C(F)(F)F)cc2)s1. The van der Waals surface area contributed by atoms with Crippen LogP contribution in [0.1, 0.15) is 29.3 Å². The number of carbonyl (C=O) groups excluding carboxylic acids is 2. The minimum absolute atomic E-state index is 0.0143. The second-order valence-corrected chi connectivity index (χ2v) is 10.1. The Hall–Kier alpha value is -2.67. The molecule has 0 radical (unpaired) electrons. The number of alkyl halides is 3. The molecular weight excluding hydrogens is 459 g/mol. The Morgan fingerprint density at radius 1 is 1.29 bits per heavy atom. The molecule has 0 bridgehead atoms. The molecule has 2 amide bonds. The first kappa shape index (κ1) is 23.0. The maximum Gasteiger partial charge on any atom is 0.416 e. The van der Waals surface area contributed by atoms with Crippen molar-refractivity contribution in [1.82, 2.24) is 9.88 Å². The molecule has 1 fully saturated rings. The van der Waals surface area contributed by atoms with Gasteiger partial charge < -0.3 is 9.64 Å². The number of benzene rings is 1. The number of amides is 2. The van der Waals surface area contributed by atoms with E-state index in [4.69, 9.17) is 4.74 Å². The average molecular weight is 477 g/mol. The highest BCUT2D eigenvalue weighted by Crippen LogP contribution is 2.33. The molecular formula is C18H18F3N3O5S2. The second-order valence-electron chi connectivity index (χ2n) is 6.75. The third-order valence-electron chi connectivity index (χ3n) is 4.40. The van der Waals surface area contributed by atoms with Crippen LogP contribution in [-0.4, -0.2) is 55.9 Å². The van der Waals surface area contributed by atoms with Crippen LogP contribution in [0, 0.1) is 0 Å². The zero-order valence-corrected chi connectivity index (χ0v) is 18.1. The fourth-order valence-corrected chi connectivity index (χ4v) is 5.48. The first-order valence-electron chi connectivity index (χ1n) is 9.05. The van der Waals surface area contributed by atoms with Crippen molar-refractivity contribution >= 4 is 38.3 Å². The topological polar surface area (TPSA) is 96.9 Å². The van der Waals surface area contributed by atoms with Gasteiger partial charge >= 0.3 is 18.2 Å². The van der Waals surface area contributed by atoms with Gasteiger partial charge in [-0.05, 0) is 30.7 Å². The highest BCUT2D eigenvalue weighted by molar-refractivity contribution is 7.93. The summed E-state index contributed by atoms with van der Waals surface area (Å²) in [5.74, 6) is -1.00. The molecule has 1 aromatic heterocycles. The summed E-state index contributed by atoms with van der Waals surface area (Å²) < 4.78 is 67.9. The van der Waals surface area contributed by atoms with Crippen LogP contribution >= 0.6 is 11.3 Å². The average Bonchev–Trinajstić information content (AvgIpc) is 3.27. The Labute approximate surface area is 180 Å². The molecule has 2 heterocycles. The van der Waals surface area contributed by atoms with Crippen LogP contribution in [0.25, 0.3) is 0 Å². The van der Waals surface area contributed by atoms with Gasteiger partial charge in [-0.1, -0.05) is 18.3 Å². The van der Waals surface area contributed by atoms with Crippen molar-refractivity contribution in [2.75, 3.05) is 24.2 Å². The van der Waals surface area contributed by atoms with E-state index in [9.17, 15) is 31.2 Å². The van der Waals surface area contributed by atoms with Crippen molar-refractivity contribution in [3.05, 3.63) is 41.6 Å². The van der Waals surface area contributed by atoms with Gasteiger partial charge in [-0.25, -0.2) is 27.9 Å². The summed E-state index contributed by atoms with van der Waals surface area (Å²) in [6, 6.07) is 2.92. The number of hydrogen-bond acceptors (Lipinski definition) is 7. The van der Waals surface area contributed by atoms with E-state index >= 15 is 0 Å². The molecule has 2 aromatic rings. The molecule has 1 saturated heterocycles. The summed E-state index contributed by atoms with van der Waals surface area (Å²) in [4.78, 5) is 31.3. The fraction of sp³-hybridized carbons (Fsp3) is 0.389. The first-order chi connectivity index (χ1) is 14.4. The van der Waals surface area contributed by atoms with Crippen LogP contribution in [0.15, 0.2) is 34.7 Å². The number of ether oxygens (including phenoxy) is 1. The molecule has 13 heteroatoms. The molecule has 31 heavy (non-hydrogen) atoms. The number of halogens is 3. The van der Waals surface area contributed by atoms with E-state index in [0.717, 1.165) is 46.7 Å². The molecule has 0 aliphatic carbocycles. The van der Waals surface area contributed by atoms with Crippen LogP contribution in [0.4, 0.5) is 23.1 Å².